The normalized spacial score (nSPS) is 20.4. The van der Waals surface area contributed by atoms with Crippen molar-refractivity contribution in [2.75, 3.05) is 19.0 Å². The van der Waals surface area contributed by atoms with Crippen LogP contribution in [-0.2, 0) is 22.6 Å². The molecule has 5 rings (SSSR count). The van der Waals surface area contributed by atoms with Crippen LogP contribution in [0.2, 0.25) is 5.02 Å². The van der Waals surface area contributed by atoms with Gasteiger partial charge in [0.2, 0.25) is 0 Å². The van der Waals surface area contributed by atoms with Gasteiger partial charge in [0.15, 0.2) is 0 Å². The number of rotatable bonds is 11. The predicted octanol–water partition coefficient (Wildman–Crippen LogP) is 8.75. The first-order valence-electron chi connectivity index (χ1n) is 14.6. The Morgan fingerprint density at radius 3 is 2.48 bits per heavy atom. The molecular weight excluding hydrogens is 522 g/mol. The molecule has 0 radical (unpaired) electrons. The molecule has 1 saturated carbocycles. The Balaban J connectivity index is 1.36. The molecule has 2 atom stereocenters. The van der Waals surface area contributed by atoms with Crippen LogP contribution in [0, 0.1) is 5.92 Å². The van der Waals surface area contributed by atoms with E-state index in [-0.39, 0.29) is 12.2 Å². The van der Waals surface area contributed by atoms with E-state index in [1.165, 1.54) is 37.7 Å². The molecule has 0 amide bonds. The first-order valence-corrected chi connectivity index (χ1v) is 15.0. The van der Waals surface area contributed by atoms with Gasteiger partial charge in [0.05, 0.1) is 13.7 Å². The standard InChI is InChI=1S/C34H42ClNO4/c1-34(2)33(39-23-26-11-7-8-12-30(26)35)32(38-20-19-24-9-5-4-6-10-24)29-21-27(15-18-31(29)40-34)36-22-25-13-16-28(37-3)17-14-25/h7-8,11-18,21,24,32-33,36H,4-6,9-10,19-20,22-23H2,1-3H3. The highest BCUT2D eigenvalue weighted by atomic mass is 35.5. The second kappa shape index (κ2) is 13.3. The Hall–Kier alpha value is -2.73. The van der Waals surface area contributed by atoms with E-state index in [9.17, 15) is 0 Å². The smallest absolute Gasteiger partial charge is 0.132 e. The van der Waals surface area contributed by atoms with E-state index in [0.29, 0.717) is 24.8 Å². The Morgan fingerprint density at radius 1 is 0.950 bits per heavy atom. The largest absolute Gasteiger partial charge is 0.497 e. The number of fused-ring (bicyclic) bond motifs is 1. The monoisotopic (exact) mass is 563 g/mol. The van der Waals surface area contributed by atoms with Crippen molar-refractivity contribution in [2.24, 2.45) is 5.92 Å². The summed E-state index contributed by atoms with van der Waals surface area (Å²) < 4.78 is 25.2. The van der Waals surface area contributed by atoms with Gasteiger partial charge in [0, 0.05) is 29.4 Å². The minimum atomic E-state index is -0.582. The first-order chi connectivity index (χ1) is 19.4. The molecule has 0 saturated heterocycles. The number of hydrogen-bond acceptors (Lipinski definition) is 5. The third kappa shape index (κ3) is 7.12. The molecule has 3 aromatic carbocycles. The summed E-state index contributed by atoms with van der Waals surface area (Å²) in [7, 11) is 1.68. The average Bonchev–Trinajstić information content (AvgIpc) is 2.97. The number of methoxy groups -OCH3 is 1. The Morgan fingerprint density at radius 2 is 1.73 bits per heavy atom. The van der Waals surface area contributed by atoms with Crippen molar-refractivity contribution in [1.82, 2.24) is 0 Å². The fourth-order valence-electron chi connectivity index (χ4n) is 5.89. The fourth-order valence-corrected chi connectivity index (χ4v) is 6.08. The van der Waals surface area contributed by atoms with Gasteiger partial charge in [0.25, 0.3) is 0 Å². The number of hydrogen-bond donors (Lipinski definition) is 1. The minimum Gasteiger partial charge on any atom is -0.497 e. The van der Waals surface area contributed by atoms with Crippen LogP contribution in [0.25, 0.3) is 0 Å². The quantitative estimate of drug-likeness (QED) is 0.253. The molecule has 6 heteroatoms. The second-order valence-corrected chi connectivity index (χ2v) is 12.0. The maximum atomic E-state index is 6.74. The van der Waals surface area contributed by atoms with Gasteiger partial charge < -0.3 is 24.3 Å². The average molecular weight is 564 g/mol. The molecule has 1 fully saturated rings. The first kappa shape index (κ1) is 28.8. The Kier molecular flexibility index (Phi) is 9.56. The summed E-state index contributed by atoms with van der Waals surface area (Å²) in [6.07, 6.45) is 7.18. The lowest BCUT2D eigenvalue weighted by Gasteiger charge is -2.44. The molecule has 214 valence electrons. The maximum Gasteiger partial charge on any atom is 0.132 e. The summed E-state index contributed by atoms with van der Waals surface area (Å²) in [5, 5.41) is 4.27. The molecule has 1 N–H and O–H groups in total. The van der Waals surface area contributed by atoms with E-state index in [2.05, 4.69) is 49.5 Å². The molecule has 1 aliphatic heterocycles. The number of ether oxygens (including phenoxy) is 4. The minimum absolute atomic E-state index is 0.257. The summed E-state index contributed by atoms with van der Waals surface area (Å²) in [6, 6.07) is 22.2. The van der Waals surface area contributed by atoms with Gasteiger partial charge in [0.1, 0.15) is 29.3 Å². The zero-order valence-electron chi connectivity index (χ0n) is 24.0. The summed E-state index contributed by atoms with van der Waals surface area (Å²) in [5.41, 5.74) is 3.59. The number of benzene rings is 3. The van der Waals surface area contributed by atoms with Crippen molar-refractivity contribution in [3.63, 3.8) is 0 Å². The maximum absolute atomic E-state index is 6.74. The van der Waals surface area contributed by atoms with Gasteiger partial charge in [-0.05, 0) is 73.7 Å². The van der Waals surface area contributed by atoms with Crippen LogP contribution >= 0.6 is 11.6 Å². The van der Waals surface area contributed by atoms with Crippen molar-refractivity contribution < 1.29 is 18.9 Å². The van der Waals surface area contributed by atoms with Crippen molar-refractivity contribution in [2.45, 2.75) is 83.3 Å². The van der Waals surface area contributed by atoms with E-state index >= 15 is 0 Å². The van der Waals surface area contributed by atoms with Crippen molar-refractivity contribution in [3.05, 3.63) is 88.4 Å². The number of anilines is 1. The second-order valence-electron chi connectivity index (χ2n) is 11.6. The highest BCUT2D eigenvalue weighted by molar-refractivity contribution is 6.31. The van der Waals surface area contributed by atoms with Gasteiger partial charge in [-0.1, -0.05) is 74.0 Å². The van der Waals surface area contributed by atoms with Crippen LogP contribution in [0.15, 0.2) is 66.7 Å². The van der Waals surface area contributed by atoms with E-state index < -0.39 is 5.60 Å². The van der Waals surface area contributed by atoms with Gasteiger partial charge in [-0.15, -0.1) is 0 Å². The van der Waals surface area contributed by atoms with Crippen LogP contribution in [0.3, 0.4) is 0 Å². The van der Waals surface area contributed by atoms with Crippen LogP contribution in [0.1, 0.15) is 75.2 Å². The Labute approximate surface area is 244 Å². The Bertz CT molecular complexity index is 1240. The van der Waals surface area contributed by atoms with Crippen molar-refractivity contribution in [3.8, 4) is 11.5 Å². The van der Waals surface area contributed by atoms with E-state index in [1.807, 2.05) is 36.4 Å². The molecule has 1 aliphatic carbocycles. The lowest BCUT2D eigenvalue weighted by atomic mass is 9.86. The van der Waals surface area contributed by atoms with Crippen LogP contribution in [-0.4, -0.2) is 25.4 Å². The number of nitrogens with one attached hydrogen (secondary N) is 1. The van der Waals surface area contributed by atoms with E-state index in [0.717, 1.165) is 40.7 Å². The fraction of sp³-hybridized carbons (Fsp3) is 0.471. The molecule has 2 unspecified atom stereocenters. The number of halogens is 1. The van der Waals surface area contributed by atoms with Crippen LogP contribution < -0.4 is 14.8 Å². The lowest BCUT2D eigenvalue weighted by Crippen LogP contribution is -2.51. The van der Waals surface area contributed by atoms with Crippen LogP contribution in [0.4, 0.5) is 5.69 Å². The summed E-state index contributed by atoms with van der Waals surface area (Å²) in [5.74, 6) is 2.45. The molecule has 0 bridgehead atoms. The summed E-state index contributed by atoms with van der Waals surface area (Å²) in [4.78, 5) is 0. The molecule has 5 nitrogen and oxygen atoms in total. The van der Waals surface area contributed by atoms with Gasteiger partial charge >= 0.3 is 0 Å². The highest BCUT2D eigenvalue weighted by Crippen LogP contribution is 2.45. The third-order valence-corrected chi connectivity index (χ3v) is 8.60. The molecule has 40 heavy (non-hydrogen) atoms. The van der Waals surface area contributed by atoms with Crippen LogP contribution in [0.5, 0.6) is 11.5 Å². The van der Waals surface area contributed by atoms with Gasteiger partial charge in [-0.2, -0.15) is 0 Å². The zero-order chi connectivity index (χ0) is 28.0. The van der Waals surface area contributed by atoms with E-state index in [4.69, 9.17) is 30.5 Å². The van der Waals surface area contributed by atoms with Crippen molar-refractivity contribution >= 4 is 17.3 Å². The molecule has 2 aliphatic rings. The molecular formula is C34H42ClNO4. The van der Waals surface area contributed by atoms with Crippen molar-refractivity contribution in [1.29, 1.82) is 0 Å². The molecule has 0 spiro atoms. The lowest BCUT2D eigenvalue weighted by molar-refractivity contribution is -0.168. The molecule has 0 aromatic heterocycles. The van der Waals surface area contributed by atoms with Gasteiger partial charge in [-0.25, -0.2) is 0 Å². The zero-order valence-corrected chi connectivity index (χ0v) is 24.7. The SMILES string of the molecule is COc1ccc(CNc2ccc3c(c2)C(OCCC2CCCCC2)C(OCc2ccccc2Cl)C(C)(C)O3)cc1. The highest BCUT2D eigenvalue weighted by Gasteiger charge is 2.46. The van der Waals surface area contributed by atoms with Gasteiger partial charge in [-0.3, -0.25) is 0 Å². The summed E-state index contributed by atoms with van der Waals surface area (Å²) >= 11 is 6.47. The predicted molar refractivity (Wildman–Crippen MR) is 161 cm³/mol. The topological polar surface area (TPSA) is 49.0 Å². The third-order valence-electron chi connectivity index (χ3n) is 8.23. The van der Waals surface area contributed by atoms with E-state index in [1.54, 1.807) is 7.11 Å². The molecule has 1 heterocycles. The summed E-state index contributed by atoms with van der Waals surface area (Å²) in [6.45, 7) is 5.97. The molecule has 3 aromatic rings.